The number of nitrogens with zero attached hydrogens (tertiary/aromatic N) is 3. The van der Waals surface area contributed by atoms with Crippen LogP contribution >= 0.6 is 0 Å². The normalized spacial score (nSPS) is 14.1. The van der Waals surface area contributed by atoms with Gasteiger partial charge in [0.15, 0.2) is 0 Å². The van der Waals surface area contributed by atoms with Gasteiger partial charge in [-0.25, -0.2) is 0 Å². The molecule has 158 valence electrons. The summed E-state index contributed by atoms with van der Waals surface area (Å²) in [5.74, 6) is 1.23. The molecule has 4 rings (SSSR count). The van der Waals surface area contributed by atoms with E-state index in [0.29, 0.717) is 43.3 Å². The van der Waals surface area contributed by atoms with Gasteiger partial charge < -0.3 is 15.0 Å². The number of hydrogen-bond donors (Lipinski definition) is 1. The van der Waals surface area contributed by atoms with E-state index in [0.717, 1.165) is 5.75 Å². The molecule has 31 heavy (non-hydrogen) atoms. The Morgan fingerprint density at radius 2 is 1.61 bits per heavy atom. The van der Waals surface area contributed by atoms with Gasteiger partial charge in [-0.3, -0.25) is 19.5 Å². The molecule has 0 bridgehead atoms. The Morgan fingerprint density at radius 1 is 0.871 bits per heavy atom. The van der Waals surface area contributed by atoms with Crippen molar-refractivity contribution in [3.8, 4) is 11.5 Å². The van der Waals surface area contributed by atoms with E-state index in [1.165, 1.54) is 0 Å². The van der Waals surface area contributed by atoms with E-state index in [2.05, 4.69) is 10.3 Å². The third-order valence-corrected chi connectivity index (χ3v) is 5.01. The van der Waals surface area contributed by atoms with Crippen molar-refractivity contribution in [3.63, 3.8) is 0 Å². The molecule has 0 aliphatic carbocycles. The van der Waals surface area contributed by atoms with Gasteiger partial charge in [0.25, 0.3) is 5.91 Å². The van der Waals surface area contributed by atoms with Gasteiger partial charge in [-0.05, 0) is 36.4 Å². The molecule has 1 aromatic heterocycles. The summed E-state index contributed by atoms with van der Waals surface area (Å²) >= 11 is 0. The summed E-state index contributed by atoms with van der Waals surface area (Å²) < 4.78 is 5.82. The molecule has 0 unspecified atom stereocenters. The van der Waals surface area contributed by atoms with E-state index >= 15 is 0 Å². The zero-order chi connectivity index (χ0) is 21.5. The molecule has 0 saturated carbocycles. The molecule has 7 nitrogen and oxygen atoms in total. The second-order valence-corrected chi connectivity index (χ2v) is 7.27. The van der Waals surface area contributed by atoms with Gasteiger partial charge in [0, 0.05) is 44.1 Å². The molecule has 1 fully saturated rings. The van der Waals surface area contributed by atoms with Crippen molar-refractivity contribution in [1.82, 2.24) is 14.8 Å². The molecule has 1 aliphatic rings. The zero-order valence-corrected chi connectivity index (χ0v) is 17.1. The number of benzene rings is 2. The number of hydrogen-bond acceptors (Lipinski definition) is 5. The lowest BCUT2D eigenvalue weighted by molar-refractivity contribution is -0.117. The number of ether oxygens (including phenoxy) is 1. The van der Waals surface area contributed by atoms with Crippen LogP contribution in [0.4, 0.5) is 5.69 Å². The number of nitrogens with one attached hydrogen (secondary N) is 1. The van der Waals surface area contributed by atoms with Gasteiger partial charge in [-0.1, -0.05) is 30.3 Å². The number of carbonyl (C=O) groups excluding carboxylic acids is 2. The minimum atomic E-state index is -0.0960. The number of pyridine rings is 1. The second-order valence-electron chi connectivity index (χ2n) is 7.27. The second kappa shape index (κ2) is 9.86. The van der Waals surface area contributed by atoms with E-state index in [1.807, 2.05) is 53.4 Å². The van der Waals surface area contributed by atoms with Crippen molar-refractivity contribution < 1.29 is 14.3 Å². The van der Waals surface area contributed by atoms with E-state index < -0.39 is 0 Å². The first-order valence-corrected chi connectivity index (χ1v) is 10.2. The summed E-state index contributed by atoms with van der Waals surface area (Å²) in [5, 5.41) is 2.92. The summed E-state index contributed by atoms with van der Waals surface area (Å²) in [6.45, 7) is 2.70. The number of piperazine rings is 1. The molecule has 2 amide bonds. The highest BCUT2D eigenvalue weighted by Gasteiger charge is 2.23. The van der Waals surface area contributed by atoms with Gasteiger partial charge in [0.1, 0.15) is 17.2 Å². The molecule has 0 spiro atoms. The average Bonchev–Trinajstić information content (AvgIpc) is 2.80. The Kier molecular flexibility index (Phi) is 6.54. The molecule has 7 heteroatoms. The molecule has 1 aliphatic heterocycles. The summed E-state index contributed by atoms with van der Waals surface area (Å²) in [7, 11) is 0. The molecular formula is C24H24N4O3. The molecule has 1 N–H and O–H groups in total. The van der Waals surface area contributed by atoms with Crippen molar-refractivity contribution in [3.05, 3.63) is 84.7 Å². The van der Waals surface area contributed by atoms with Crippen molar-refractivity contribution in [1.29, 1.82) is 0 Å². The predicted molar refractivity (Wildman–Crippen MR) is 118 cm³/mol. The maximum Gasteiger partial charge on any atom is 0.272 e. The van der Waals surface area contributed by atoms with Crippen LogP contribution in [0.1, 0.15) is 10.5 Å². The molecule has 0 atom stereocenters. The van der Waals surface area contributed by atoms with Crippen molar-refractivity contribution >= 4 is 17.5 Å². The minimum Gasteiger partial charge on any atom is -0.457 e. The third-order valence-electron chi connectivity index (χ3n) is 5.01. The predicted octanol–water partition coefficient (Wildman–Crippen LogP) is 3.27. The summed E-state index contributed by atoms with van der Waals surface area (Å²) in [5.41, 5.74) is 1.13. The van der Waals surface area contributed by atoms with Crippen LogP contribution < -0.4 is 10.1 Å². The number of rotatable bonds is 6. The molecule has 2 heterocycles. The van der Waals surface area contributed by atoms with Crippen molar-refractivity contribution in [2.75, 3.05) is 38.0 Å². The Hall–Kier alpha value is -3.71. The Morgan fingerprint density at radius 3 is 2.35 bits per heavy atom. The smallest absolute Gasteiger partial charge is 0.272 e. The van der Waals surface area contributed by atoms with E-state index in [-0.39, 0.29) is 18.4 Å². The number of para-hydroxylation sites is 1. The van der Waals surface area contributed by atoms with Crippen LogP contribution in [0.25, 0.3) is 0 Å². The number of anilines is 1. The van der Waals surface area contributed by atoms with Crippen LogP contribution in [-0.2, 0) is 4.79 Å². The SMILES string of the molecule is O=C(CN1CCN(C(=O)c2ccccn2)CC1)Nc1cccc(Oc2ccccc2)c1. The van der Waals surface area contributed by atoms with E-state index in [9.17, 15) is 9.59 Å². The van der Waals surface area contributed by atoms with Crippen LogP contribution in [0.15, 0.2) is 79.0 Å². The fraction of sp³-hybridized carbons (Fsp3) is 0.208. The van der Waals surface area contributed by atoms with Crippen LogP contribution in [0.2, 0.25) is 0 Å². The van der Waals surface area contributed by atoms with Gasteiger partial charge in [0.05, 0.1) is 6.54 Å². The van der Waals surface area contributed by atoms with Crippen LogP contribution in [0.5, 0.6) is 11.5 Å². The highest BCUT2D eigenvalue weighted by atomic mass is 16.5. The summed E-state index contributed by atoms with van der Waals surface area (Å²) in [6.07, 6.45) is 1.62. The van der Waals surface area contributed by atoms with Gasteiger partial charge in [-0.15, -0.1) is 0 Å². The highest BCUT2D eigenvalue weighted by Crippen LogP contribution is 2.23. The first-order valence-electron chi connectivity index (χ1n) is 10.2. The lowest BCUT2D eigenvalue weighted by Gasteiger charge is -2.34. The average molecular weight is 416 g/mol. The number of aromatic nitrogens is 1. The molecule has 1 saturated heterocycles. The fourth-order valence-corrected chi connectivity index (χ4v) is 3.43. The van der Waals surface area contributed by atoms with Gasteiger partial charge >= 0.3 is 0 Å². The fourth-order valence-electron chi connectivity index (χ4n) is 3.43. The number of carbonyl (C=O) groups is 2. The molecule has 2 aromatic carbocycles. The van der Waals surface area contributed by atoms with Crippen molar-refractivity contribution in [2.24, 2.45) is 0 Å². The summed E-state index contributed by atoms with van der Waals surface area (Å²) in [4.78, 5) is 32.9. The molecule has 3 aromatic rings. The maximum atomic E-state index is 12.5. The Labute approximate surface area is 181 Å². The molecule has 0 radical (unpaired) electrons. The lowest BCUT2D eigenvalue weighted by atomic mass is 10.2. The monoisotopic (exact) mass is 416 g/mol. The summed E-state index contributed by atoms with van der Waals surface area (Å²) in [6, 6.07) is 22.1. The maximum absolute atomic E-state index is 12.5. The quantitative estimate of drug-likeness (QED) is 0.668. The van der Waals surface area contributed by atoms with E-state index in [1.54, 1.807) is 35.4 Å². The Balaban J connectivity index is 1.26. The largest absolute Gasteiger partial charge is 0.457 e. The standard InChI is InChI=1S/C24H24N4O3/c29-23(26-19-7-6-10-21(17-19)31-20-8-2-1-3-9-20)18-27-13-15-28(16-14-27)24(30)22-11-4-5-12-25-22/h1-12,17H,13-16,18H2,(H,26,29). The van der Waals surface area contributed by atoms with Gasteiger partial charge in [0.2, 0.25) is 5.91 Å². The first-order chi connectivity index (χ1) is 15.2. The first kappa shape index (κ1) is 20.6. The zero-order valence-electron chi connectivity index (χ0n) is 17.1. The van der Waals surface area contributed by atoms with Crippen LogP contribution in [-0.4, -0.2) is 59.3 Å². The third kappa shape index (κ3) is 5.67. The minimum absolute atomic E-state index is 0.0695. The highest BCUT2D eigenvalue weighted by molar-refractivity contribution is 5.93. The number of amides is 2. The van der Waals surface area contributed by atoms with Crippen molar-refractivity contribution in [2.45, 2.75) is 0 Å². The van der Waals surface area contributed by atoms with Crippen LogP contribution in [0, 0.1) is 0 Å². The Bertz CT molecular complexity index is 1020. The van der Waals surface area contributed by atoms with E-state index in [4.69, 9.17) is 4.74 Å². The van der Waals surface area contributed by atoms with Gasteiger partial charge in [-0.2, -0.15) is 0 Å². The lowest BCUT2D eigenvalue weighted by Crippen LogP contribution is -2.50. The van der Waals surface area contributed by atoms with Crippen LogP contribution in [0.3, 0.4) is 0 Å². The topological polar surface area (TPSA) is 74.8 Å². The molecular weight excluding hydrogens is 392 g/mol.